The lowest BCUT2D eigenvalue weighted by Gasteiger charge is -2.05. The van der Waals surface area contributed by atoms with E-state index in [2.05, 4.69) is 42.9 Å². The standard InChI is InChI=1S/C10H12BrN3S/c1-12-4-8-5-13-7-14(8)6-9-2-3-10(11)15-9/h2-3,5,7,12H,4,6H2,1H3. The van der Waals surface area contributed by atoms with Gasteiger partial charge in [0.2, 0.25) is 0 Å². The minimum atomic E-state index is 0.854. The van der Waals surface area contributed by atoms with E-state index in [1.807, 2.05) is 19.6 Å². The van der Waals surface area contributed by atoms with E-state index < -0.39 is 0 Å². The van der Waals surface area contributed by atoms with E-state index >= 15 is 0 Å². The maximum absolute atomic E-state index is 4.16. The lowest BCUT2D eigenvalue weighted by atomic mass is 10.4. The van der Waals surface area contributed by atoms with Gasteiger partial charge in [-0.2, -0.15) is 0 Å². The smallest absolute Gasteiger partial charge is 0.0952 e. The minimum Gasteiger partial charge on any atom is -0.328 e. The number of hydrogen-bond donors (Lipinski definition) is 1. The number of thiophene rings is 1. The van der Waals surface area contributed by atoms with Gasteiger partial charge in [-0.25, -0.2) is 4.98 Å². The summed E-state index contributed by atoms with van der Waals surface area (Å²) < 4.78 is 3.34. The van der Waals surface area contributed by atoms with E-state index in [1.165, 1.54) is 14.4 Å². The summed E-state index contributed by atoms with van der Waals surface area (Å²) >= 11 is 5.23. The van der Waals surface area contributed by atoms with Gasteiger partial charge in [-0.05, 0) is 35.1 Å². The molecular formula is C10H12BrN3S. The summed E-state index contributed by atoms with van der Waals surface area (Å²) in [5.41, 5.74) is 1.21. The highest BCUT2D eigenvalue weighted by atomic mass is 79.9. The fraction of sp³-hybridized carbons (Fsp3) is 0.300. The Balaban J connectivity index is 2.13. The van der Waals surface area contributed by atoms with Gasteiger partial charge < -0.3 is 9.88 Å². The Bertz CT molecular complexity index is 435. The first-order valence-corrected chi connectivity index (χ1v) is 6.28. The summed E-state index contributed by atoms with van der Waals surface area (Å²) in [5.74, 6) is 0. The molecule has 0 aromatic carbocycles. The minimum absolute atomic E-state index is 0.854. The molecule has 2 rings (SSSR count). The molecule has 3 nitrogen and oxygen atoms in total. The van der Waals surface area contributed by atoms with Gasteiger partial charge in [0.1, 0.15) is 0 Å². The van der Waals surface area contributed by atoms with Crippen LogP contribution in [0.5, 0.6) is 0 Å². The summed E-state index contributed by atoms with van der Waals surface area (Å²) in [5, 5.41) is 3.13. The van der Waals surface area contributed by atoms with Crippen molar-refractivity contribution < 1.29 is 0 Å². The van der Waals surface area contributed by atoms with Crippen LogP contribution < -0.4 is 5.32 Å². The molecular weight excluding hydrogens is 274 g/mol. The van der Waals surface area contributed by atoms with E-state index in [-0.39, 0.29) is 0 Å². The fourth-order valence-corrected chi connectivity index (χ4v) is 2.91. The molecule has 2 heterocycles. The summed E-state index contributed by atoms with van der Waals surface area (Å²) in [6, 6.07) is 4.21. The van der Waals surface area contributed by atoms with Crippen LogP contribution in [-0.2, 0) is 13.1 Å². The molecule has 0 fully saturated rings. The number of halogens is 1. The number of imidazole rings is 1. The average molecular weight is 286 g/mol. The highest BCUT2D eigenvalue weighted by Crippen LogP contribution is 2.23. The van der Waals surface area contributed by atoms with E-state index in [0.717, 1.165) is 13.1 Å². The van der Waals surface area contributed by atoms with Crippen LogP contribution in [0, 0.1) is 0 Å². The van der Waals surface area contributed by atoms with Gasteiger partial charge in [-0.1, -0.05) is 0 Å². The van der Waals surface area contributed by atoms with Gasteiger partial charge in [0.25, 0.3) is 0 Å². The summed E-state index contributed by atoms with van der Waals surface area (Å²) in [7, 11) is 1.94. The lowest BCUT2D eigenvalue weighted by Crippen LogP contribution is -2.10. The van der Waals surface area contributed by atoms with Crippen molar-refractivity contribution >= 4 is 27.3 Å². The first kappa shape index (κ1) is 10.9. The molecule has 2 aromatic rings. The van der Waals surface area contributed by atoms with Crippen molar-refractivity contribution in [2.75, 3.05) is 7.05 Å². The molecule has 0 amide bonds. The topological polar surface area (TPSA) is 29.9 Å². The summed E-state index contributed by atoms with van der Waals surface area (Å²) in [6.45, 7) is 1.75. The normalized spacial score (nSPS) is 10.8. The molecule has 2 aromatic heterocycles. The number of nitrogens with one attached hydrogen (secondary N) is 1. The van der Waals surface area contributed by atoms with E-state index in [0.29, 0.717) is 0 Å². The summed E-state index contributed by atoms with van der Waals surface area (Å²) in [4.78, 5) is 5.49. The monoisotopic (exact) mass is 285 g/mol. The predicted octanol–water partition coefficient (Wildman–Crippen LogP) is 2.47. The predicted molar refractivity (Wildman–Crippen MR) is 66.1 cm³/mol. The maximum atomic E-state index is 4.16. The highest BCUT2D eigenvalue weighted by Gasteiger charge is 2.03. The van der Waals surface area contributed by atoms with Crippen molar-refractivity contribution in [3.63, 3.8) is 0 Å². The SMILES string of the molecule is CNCc1cncn1Cc1ccc(Br)s1. The molecule has 80 valence electrons. The van der Waals surface area contributed by atoms with Crippen LogP contribution in [0.15, 0.2) is 28.4 Å². The molecule has 0 unspecified atom stereocenters. The third-order valence-corrected chi connectivity index (χ3v) is 3.72. The Morgan fingerprint density at radius 2 is 2.40 bits per heavy atom. The van der Waals surface area contributed by atoms with Gasteiger partial charge >= 0.3 is 0 Å². The Hall–Kier alpha value is -0.650. The van der Waals surface area contributed by atoms with Crippen molar-refractivity contribution in [2.45, 2.75) is 13.1 Å². The van der Waals surface area contributed by atoms with Crippen molar-refractivity contribution in [2.24, 2.45) is 0 Å². The van der Waals surface area contributed by atoms with Gasteiger partial charge in [-0.15, -0.1) is 11.3 Å². The fourth-order valence-electron chi connectivity index (χ4n) is 1.42. The molecule has 0 saturated heterocycles. The molecule has 5 heteroatoms. The van der Waals surface area contributed by atoms with Crippen molar-refractivity contribution in [3.8, 4) is 0 Å². The Morgan fingerprint density at radius 1 is 1.53 bits per heavy atom. The highest BCUT2D eigenvalue weighted by molar-refractivity contribution is 9.11. The first-order valence-electron chi connectivity index (χ1n) is 4.67. The zero-order valence-corrected chi connectivity index (χ0v) is 10.8. The van der Waals surface area contributed by atoms with Gasteiger partial charge in [-0.3, -0.25) is 0 Å². The molecule has 0 radical (unpaired) electrons. The largest absolute Gasteiger partial charge is 0.328 e. The molecule has 0 saturated carbocycles. The average Bonchev–Trinajstić information content (AvgIpc) is 2.78. The molecule has 0 atom stereocenters. The molecule has 1 N–H and O–H groups in total. The van der Waals surface area contributed by atoms with E-state index in [4.69, 9.17) is 0 Å². The van der Waals surface area contributed by atoms with Crippen LogP contribution in [0.3, 0.4) is 0 Å². The molecule has 0 aliphatic heterocycles. The molecule has 0 bridgehead atoms. The zero-order valence-electron chi connectivity index (χ0n) is 8.40. The quantitative estimate of drug-likeness (QED) is 0.935. The molecule has 15 heavy (non-hydrogen) atoms. The second-order valence-electron chi connectivity index (χ2n) is 3.25. The van der Waals surface area contributed by atoms with Crippen molar-refractivity contribution in [1.82, 2.24) is 14.9 Å². The Kier molecular flexibility index (Phi) is 3.56. The number of rotatable bonds is 4. The van der Waals surface area contributed by atoms with E-state index in [1.54, 1.807) is 11.3 Å². The molecule has 0 aliphatic carbocycles. The third kappa shape index (κ3) is 2.68. The third-order valence-electron chi connectivity index (χ3n) is 2.11. The van der Waals surface area contributed by atoms with Crippen LogP contribution in [0.2, 0.25) is 0 Å². The number of aromatic nitrogens is 2. The van der Waals surface area contributed by atoms with Gasteiger partial charge in [0.15, 0.2) is 0 Å². The lowest BCUT2D eigenvalue weighted by molar-refractivity contribution is 0.698. The van der Waals surface area contributed by atoms with Crippen LogP contribution in [0.4, 0.5) is 0 Å². The Labute approximate surface area is 101 Å². The first-order chi connectivity index (χ1) is 7.29. The van der Waals surface area contributed by atoms with Crippen LogP contribution in [0.25, 0.3) is 0 Å². The van der Waals surface area contributed by atoms with Crippen molar-refractivity contribution in [1.29, 1.82) is 0 Å². The van der Waals surface area contributed by atoms with Crippen LogP contribution >= 0.6 is 27.3 Å². The summed E-state index contributed by atoms with van der Waals surface area (Å²) in [6.07, 6.45) is 3.78. The van der Waals surface area contributed by atoms with Gasteiger partial charge in [0.05, 0.1) is 22.4 Å². The second-order valence-corrected chi connectivity index (χ2v) is 5.80. The van der Waals surface area contributed by atoms with Gasteiger partial charge in [0, 0.05) is 17.6 Å². The second kappa shape index (κ2) is 4.92. The molecule has 0 spiro atoms. The zero-order chi connectivity index (χ0) is 10.7. The molecule has 0 aliphatic rings. The Morgan fingerprint density at radius 3 is 3.07 bits per heavy atom. The van der Waals surface area contributed by atoms with Crippen LogP contribution in [0.1, 0.15) is 10.6 Å². The van der Waals surface area contributed by atoms with Crippen LogP contribution in [-0.4, -0.2) is 16.6 Å². The number of nitrogens with zero attached hydrogens (tertiary/aromatic N) is 2. The van der Waals surface area contributed by atoms with Crippen molar-refractivity contribution in [3.05, 3.63) is 39.0 Å². The van der Waals surface area contributed by atoms with E-state index in [9.17, 15) is 0 Å². The number of hydrogen-bond acceptors (Lipinski definition) is 3. The maximum Gasteiger partial charge on any atom is 0.0952 e.